The molecule has 7 nitrogen and oxygen atoms in total. The van der Waals surface area contributed by atoms with E-state index in [1.54, 1.807) is 6.92 Å². The highest BCUT2D eigenvalue weighted by atomic mass is 16.5. The first kappa shape index (κ1) is 17.3. The van der Waals surface area contributed by atoms with E-state index >= 15 is 0 Å². The highest BCUT2D eigenvalue weighted by molar-refractivity contribution is 5.93. The number of benzene rings is 1. The molecule has 1 fully saturated rings. The van der Waals surface area contributed by atoms with Gasteiger partial charge in [-0.2, -0.15) is 0 Å². The molecule has 25 heavy (non-hydrogen) atoms. The maximum absolute atomic E-state index is 12.1. The summed E-state index contributed by atoms with van der Waals surface area (Å²) in [4.78, 5) is 27.5. The van der Waals surface area contributed by atoms with Gasteiger partial charge in [0.25, 0.3) is 0 Å². The van der Waals surface area contributed by atoms with Gasteiger partial charge in [-0.1, -0.05) is 18.2 Å². The fraction of sp³-hybridized carbons (Fsp3) is 0.444. The van der Waals surface area contributed by atoms with Crippen molar-refractivity contribution in [2.24, 2.45) is 0 Å². The SMILES string of the molecule is CCOC(=O)C1=C(C[NH+]2CCN(c3ccccc3)CC2)NC(=O)NC1. The third-order valence-corrected chi connectivity index (χ3v) is 4.59. The molecule has 3 rings (SSSR count). The number of urea groups is 1. The van der Waals surface area contributed by atoms with Crippen molar-refractivity contribution in [3.8, 4) is 0 Å². The number of carbonyl (C=O) groups excluding carboxylic acids is 2. The van der Waals surface area contributed by atoms with Crippen LogP contribution in [0.25, 0.3) is 0 Å². The number of nitrogens with one attached hydrogen (secondary N) is 3. The lowest BCUT2D eigenvalue weighted by molar-refractivity contribution is -0.896. The van der Waals surface area contributed by atoms with Crippen LogP contribution in [0, 0.1) is 0 Å². The molecule has 2 aliphatic heterocycles. The molecule has 2 amide bonds. The highest BCUT2D eigenvalue weighted by Gasteiger charge is 2.28. The highest BCUT2D eigenvalue weighted by Crippen LogP contribution is 2.12. The second-order valence-electron chi connectivity index (χ2n) is 6.23. The number of carbonyl (C=O) groups is 2. The quantitative estimate of drug-likeness (QED) is 0.631. The number of nitrogens with zero attached hydrogens (tertiary/aromatic N) is 1. The van der Waals surface area contributed by atoms with Gasteiger partial charge in [-0.3, -0.25) is 0 Å². The number of amides is 2. The van der Waals surface area contributed by atoms with E-state index in [9.17, 15) is 9.59 Å². The van der Waals surface area contributed by atoms with Crippen LogP contribution in [0.4, 0.5) is 10.5 Å². The molecular weight excluding hydrogens is 320 g/mol. The molecule has 2 heterocycles. The number of ether oxygens (including phenoxy) is 1. The summed E-state index contributed by atoms with van der Waals surface area (Å²) in [5, 5.41) is 5.43. The van der Waals surface area contributed by atoms with E-state index in [1.807, 2.05) is 6.07 Å². The molecule has 7 heteroatoms. The summed E-state index contributed by atoms with van der Waals surface area (Å²) in [7, 11) is 0. The van der Waals surface area contributed by atoms with Gasteiger partial charge in [-0.15, -0.1) is 0 Å². The number of esters is 1. The smallest absolute Gasteiger partial charge is 0.337 e. The number of para-hydroxylation sites is 1. The Labute approximate surface area is 147 Å². The Hall–Kier alpha value is -2.54. The zero-order chi connectivity index (χ0) is 17.6. The van der Waals surface area contributed by atoms with Gasteiger partial charge in [0.2, 0.25) is 0 Å². The molecule has 0 saturated carbocycles. The first-order valence-corrected chi connectivity index (χ1v) is 8.75. The molecule has 1 aromatic carbocycles. The van der Waals surface area contributed by atoms with Gasteiger partial charge in [-0.25, -0.2) is 9.59 Å². The monoisotopic (exact) mass is 345 g/mol. The van der Waals surface area contributed by atoms with Crippen molar-refractivity contribution in [2.45, 2.75) is 6.92 Å². The number of piperazine rings is 1. The average molecular weight is 345 g/mol. The lowest BCUT2D eigenvalue weighted by atomic mass is 10.1. The topological polar surface area (TPSA) is 75.1 Å². The van der Waals surface area contributed by atoms with Crippen molar-refractivity contribution in [3.63, 3.8) is 0 Å². The van der Waals surface area contributed by atoms with Crippen LogP contribution in [-0.2, 0) is 9.53 Å². The molecule has 134 valence electrons. The molecule has 0 atom stereocenters. The van der Waals surface area contributed by atoms with Crippen LogP contribution in [0.1, 0.15) is 6.92 Å². The minimum atomic E-state index is -0.354. The van der Waals surface area contributed by atoms with Gasteiger partial charge in [-0.05, 0) is 19.1 Å². The van der Waals surface area contributed by atoms with Crippen LogP contribution in [0.2, 0.25) is 0 Å². The lowest BCUT2D eigenvalue weighted by Gasteiger charge is -2.34. The summed E-state index contributed by atoms with van der Waals surface area (Å²) in [5.41, 5.74) is 2.45. The zero-order valence-corrected chi connectivity index (χ0v) is 14.5. The number of hydrogen-bond acceptors (Lipinski definition) is 4. The number of rotatable bonds is 5. The van der Waals surface area contributed by atoms with Crippen LogP contribution in [0.3, 0.4) is 0 Å². The van der Waals surface area contributed by atoms with Crippen molar-refractivity contribution >= 4 is 17.7 Å². The van der Waals surface area contributed by atoms with E-state index in [4.69, 9.17) is 4.74 Å². The predicted octanol–water partition coefficient (Wildman–Crippen LogP) is -0.478. The third kappa shape index (κ3) is 4.30. The summed E-state index contributed by atoms with van der Waals surface area (Å²) < 4.78 is 5.11. The Morgan fingerprint density at radius 2 is 1.96 bits per heavy atom. The van der Waals surface area contributed by atoms with Gasteiger partial charge < -0.3 is 25.2 Å². The van der Waals surface area contributed by atoms with Crippen molar-refractivity contribution in [1.29, 1.82) is 0 Å². The molecular formula is C18H25N4O3+. The summed E-state index contributed by atoms with van der Waals surface area (Å²) in [6, 6.07) is 10.1. The molecule has 0 radical (unpaired) electrons. The van der Waals surface area contributed by atoms with Crippen LogP contribution < -0.4 is 20.4 Å². The lowest BCUT2D eigenvalue weighted by Crippen LogP contribution is -3.15. The summed E-state index contributed by atoms with van der Waals surface area (Å²) in [6.45, 7) is 6.78. The van der Waals surface area contributed by atoms with E-state index in [-0.39, 0.29) is 18.5 Å². The number of hydrogen-bond donors (Lipinski definition) is 3. The molecule has 1 aromatic rings. The summed E-state index contributed by atoms with van der Waals surface area (Å²) >= 11 is 0. The minimum absolute atomic E-state index is 0.226. The maximum atomic E-state index is 12.1. The molecule has 2 aliphatic rings. The van der Waals surface area contributed by atoms with E-state index in [0.29, 0.717) is 24.4 Å². The van der Waals surface area contributed by atoms with Crippen LogP contribution >= 0.6 is 0 Å². The van der Waals surface area contributed by atoms with E-state index < -0.39 is 0 Å². The minimum Gasteiger partial charge on any atom is -0.463 e. The molecule has 0 aliphatic carbocycles. The van der Waals surface area contributed by atoms with Crippen molar-refractivity contribution in [1.82, 2.24) is 10.6 Å². The summed E-state index contributed by atoms with van der Waals surface area (Å²) in [6.07, 6.45) is 0. The first-order valence-electron chi connectivity index (χ1n) is 8.75. The Morgan fingerprint density at radius 3 is 2.64 bits per heavy atom. The number of anilines is 1. The maximum Gasteiger partial charge on any atom is 0.337 e. The molecule has 0 bridgehead atoms. The third-order valence-electron chi connectivity index (χ3n) is 4.59. The second kappa shape index (κ2) is 8.02. The van der Waals surface area contributed by atoms with E-state index in [0.717, 1.165) is 26.2 Å². The molecule has 3 N–H and O–H groups in total. The molecule has 1 saturated heterocycles. The van der Waals surface area contributed by atoms with Gasteiger partial charge in [0.05, 0.1) is 50.6 Å². The van der Waals surface area contributed by atoms with Crippen molar-refractivity contribution < 1.29 is 19.2 Å². The zero-order valence-electron chi connectivity index (χ0n) is 14.5. The second-order valence-corrected chi connectivity index (χ2v) is 6.23. The van der Waals surface area contributed by atoms with Gasteiger partial charge in [0.15, 0.2) is 0 Å². The fourth-order valence-corrected chi connectivity index (χ4v) is 3.24. The molecule has 0 spiro atoms. The largest absolute Gasteiger partial charge is 0.463 e. The Kier molecular flexibility index (Phi) is 5.55. The Morgan fingerprint density at radius 1 is 1.24 bits per heavy atom. The standard InChI is InChI=1S/C18H24N4O3/c1-2-25-17(23)15-12-19-18(24)20-16(15)13-21-8-10-22(11-9-21)14-6-4-3-5-7-14/h3-7H,2,8-13H2,1H3,(H2,19,20,24)/p+1. The Balaban J connectivity index is 1.63. The van der Waals surface area contributed by atoms with Gasteiger partial charge in [0.1, 0.15) is 6.54 Å². The van der Waals surface area contributed by atoms with Crippen LogP contribution in [-0.4, -0.2) is 57.9 Å². The van der Waals surface area contributed by atoms with E-state index in [1.165, 1.54) is 10.6 Å². The van der Waals surface area contributed by atoms with Gasteiger partial charge in [0, 0.05) is 5.69 Å². The first-order chi connectivity index (χ1) is 12.2. The normalized spacial score (nSPS) is 18.6. The Bertz CT molecular complexity index is 652. The number of quaternary nitrogens is 1. The average Bonchev–Trinajstić information content (AvgIpc) is 2.63. The van der Waals surface area contributed by atoms with Crippen molar-refractivity contribution in [3.05, 3.63) is 41.6 Å². The van der Waals surface area contributed by atoms with Crippen molar-refractivity contribution in [2.75, 3.05) is 50.8 Å². The van der Waals surface area contributed by atoms with Crippen LogP contribution in [0.15, 0.2) is 41.6 Å². The molecule has 0 aromatic heterocycles. The predicted molar refractivity (Wildman–Crippen MR) is 94.4 cm³/mol. The fourth-order valence-electron chi connectivity index (χ4n) is 3.24. The van der Waals surface area contributed by atoms with E-state index in [2.05, 4.69) is 39.8 Å². The molecule has 0 unspecified atom stereocenters. The van der Waals surface area contributed by atoms with Gasteiger partial charge >= 0.3 is 12.0 Å². The van der Waals surface area contributed by atoms with Crippen LogP contribution in [0.5, 0.6) is 0 Å². The summed E-state index contributed by atoms with van der Waals surface area (Å²) in [5.74, 6) is -0.354.